The van der Waals surface area contributed by atoms with Crippen molar-refractivity contribution in [1.82, 2.24) is 10.8 Å². The largest absolute Gasteiger partial charge is 0.481 e. The van der Waals surface area contributed by atoms with Crippen molar-refractivity contribution in [1.29, 1.82) is 0 Å². The Morgan fingerprint density at radius 3 is 2.52 bits per heavy atom. The van der Waals surface area contributed by atoms with E-state index in [0.717, 1.165) is 0 Å². The highest BCUT2D eigenvalue weighted by molar-refractivity contribution is 5.97. The molecule has 1 aromatic rings. The quantitative estimate of drug-likeness (QED) is 0.325. The molecule has 1 rings (SSSR count). The summed E-state index contributed by atoms with van der Waals surface area (Å²) in [5.41, 5.74) is 7.38. The summed E-state index contributed by atoms with van der Waals surface area (Å²) in [5.74, 6) is 1.58. The molecule has 0 unspecified atom stereocenters. The Morgan fingerprint density at radius 1 is 1.43 bits per heavy atom. The number of nitrogens with one attached hydrogen (secondary N) is 2. The number of hydrogen-bond donors (Lipinski definition) is 4. The van der Waals surface area contributed by atoms with E-state index < -0.39 is 23.9 Å². The number of hydroxylamine groups is 1. The highest BCUT2D eigenvalue weighted by Crippen LogP contribution is 2.12. The molecule has 7 heteroatoms. The van der Waals surface area contributed by atoms with E-state index in [1.54, 1.807) is 12.1 Å². The van der Waals surface area contributed by atoms with Gasteiger partial charge < -0.3 is 15.8 Å². The van der Waals surface area contributed by atoms with Gasteiger partial charge in [0.2, 0.25) is 0 Å². The minimum atomic E-state index is -1.04. The summed E-state index contributed by atoms with van der Waals surface area (Å²) in [6.45, 7) is 1.67. The first-order valence-corrected chi connectivity index (χ1v) is 6.16. The normalized spacial score (nSPS) is 12.7. The van der Waals surface area contributed by atoms with Gasteiger partial charge in [0.15, 0.2) is 0 Å². The number of rotatable bonds is 6. The molecule has 0 bridgehead atoms. The van der Waals surface area contributed by atoms with Crippen molar-refractivity contribution in [2.45, 2.75) is 19.0 Å². The van der Waals surface area contributed by atoms with E-state index in [1.807, 2.05) is 0 Å². The second kappa shape index (κ2) is 7.89. The predicted octanol–water partition coefficient (Wildman–Crippen LogP) is -0.350. The van der Waals surface area contributed by atoms with Gasteiger partial charge in [0, 0.05) is 11.6 Å². The zero-order valence-corrected chi connectivity index (χ0v) is 11.5. The number of benzene rings is 1. The maximum atomic E-state index is 12.0. The number of amides is 2. The summed E-state index contributed by atoms with van der Waals surface area (Å²) in [5, 5.41) is 11.1. The van der Waals surface area contributed by atoms with E-state index in [1.165, 1.54) is 24.5 Å². The van der Waals surface area contributed by atoms with Crippen molar-refractivity contribution in [2.75, 3.05) is 6.61 Å². The molecule has 7 nitrogen and oxygen atoms in total. The number of nitrogens with two attached hydrogens (primary N) is 1. The topological polar surface area (TPSA) is 114 Å². The van der Waals surface area contributed by atoms with E-state index in [0.29, 0.717) is 11.3 Å². The fourth-order valence-electron chi connectivity index (χ4n) is 1.56. The fraction of sp³-hybridized carbons (Fsp3) is 0.286. The highest BCUT2D eigenvalue weighted by atomic mass is 16.5. The second-order valence-corrected chi connectivity index (χ2v) is 4.30. The SMILES string of the molecule is C#CCOc1ccc(C(=O)N[C@H](C(=O)NO)[C@@H](C)N)cc1. The minimum absolute atomic E-state index is 0.134. The smallest absolute Gasteiger partial charge is 0.267 e. The molecule has 0 aliphatic carbocycles. The Labute approximate surface area is 122 Å². The van der Waals surface area contributed by atoms with Crippen LogP contribution in [0.15, 0.2) is 24.3 Å². The van der Waals surface area contributed by atoms with E-state index >= 15 is 0 Å². The van der Waals surface area contributed by atoms with Gasteiger partial charge in [0.1, 0.15) is 18.4 Å². The third-order valence-corrected chi connectivity index (χ3v) is 2.64. The number of carbonyl (C=O) groups is 2. The van der Waals surface area contributed by atoms with Gasteiger partial charge in [-0.15, -0.1) is 6.42 Å². The van der Waals surface area contributed by atoms with Crippen molar-refractivity contribution >= 4 is 11.8 Å². The summed E-state index contributed by atoms with van der Waals surface area (Å²) in [4.78, 5) is 23.4. The molecule has 5 N–H and O–H groups in total. The van der Waals surface area contributed by atoms with Crippen molar-refractivity contribution in [2.24, 2.45) is 5.73 Å². The van der Waals surface area contributed by atoms with Gasteiger partial charge in [-0.05, 0) is 31.2 Å². The summed E-state index contributed by atoms with van der Waals surface area (Å²) >= 11 is 0. The molecule has 0 radical (unpaired) electrons. The van der Waals surface area contributed by atoms with E-state index in [2.05, 4.69) is 11.2 Å². The van der Waals surface area contributed by atoms with Gasteiger partial charge in [-0.2, -0.15) is 0 Å². The van der Waals surface area contributed by atoms with Crippen molar-refractivity contribution in [3.05, 3.63) is 29.8 Å². The zero-order chi connectivity index (χ0) is 15.8. The average Bonchev–Trinajstić information content (AvgIpc) is 2.49. The Balaban J connectivity index is 2.74. The monoisotopic (exact) mass is 291 g/mol. The van der Waals surface area contributed by atoms with Crippen molar-refractivity contribution in [3.8, 4) is 18.1 Å². The van der Waals surface area contributed by atoms with Crippen LogP contribution in [-0.4, -0.2) is 35.7 Å². The summed E-state index contributed by atoms with van der Waals surface area (Å²) in [6.07, 6.45) is 5.07. The first-order valence-electron chi connectivity index (χ1n) is 6.16. The van der Waals surface area contributed by atoms with Crippen LogP contribution in [0.1, 0.15) is 17.3 Å². The second-order valence-electron chi connectivity index (χ2n) is 4.30. The molecule has 0 fully saturated rings. The first kappa shape index (κ1) is 16.5. The highest BCUT2D eigenvalue weighted by Gasteiger charge is 2.24. The number of terminal acetylenes is 1. The molecule has 1 aromatic carbocycles. The summed E-state index contributed by atoms with van der Waals surface area (Å²) < 4.78 is 5.18. The van der Waals surface area contributed by atoms with Crippen LogP contribution in [0.4, 0.5) is 0 Å². The maximum absolute atomic E-state index is 12.0. The molecule has 0 aromatic heterocycles. The van der Waals surface area contributed by atoms with Crippen LogP contribution in [0.5, 0.6) is 5.75 Å². The average molecular weight is 291 g/mol. The third kappa shape index (κ3) is 4.80. The van der Waals surface area contributed by atoms with Crippen LogP contribution in [0, 0.1) is 12.3 Å². The molecule has 21 heavy (non-hydrogen) atoms. The van der Waals surface area contributed by atoms with Crippen molar-refractivity contribution < 1.29 is 19.5 Å². The minimum Gasteiger partial charge on any atom is -0.481 e. The van der Waals surface area contributed by atoms with E-state index in [-0.39, 0.29) is 6.61 Å². The van der Waals surface area contributed by atoms with Gasteiger partial charge in [0.25, 0.3) is 11.8 Å². The van der Waals surface area contributed by atoms with Crippen molar-refractivity contribution in [3.63, 3.8) is 0 Å². The van der Waals surface area contributed by atoms with Crippen LogP contribution in [-0.2, 0) is 4.79 Å². The lowest BCUT2D eigenvalue weighted by atomic mass is 10.1. The predicted molar refractivity (Wildman–Crippen MR) is 75.6 cm³/mol. The fourth-order valence-corrected chi connectivity index (χ4v) is 1.56. The molecular formula is C14H17N3O4. The van der Waals surface area contributed by atoms with E-state index in [4.69, 9.17) is 22.1 Å². The molecule has 112 valence electrons. The lowest BCUT2D eigenvalue weighted by Crippen LogP contribution is -2.54. The molecule has 0 saturated heterocycles. The molecule has 0 spiro atoms. The van der Waals surface area contributed by atoms with Crippen LogP contribution in [0.2, 0.25) is 0 Å². The standard InChI is InChI=1S/C14H17N3O4/c1-3-8-21-11-6-4-10(5-7-11)13(18)16-12(9(2)15)14(19)17-20/h1,4-7,9,12,20H,8,15H2,2H3,(H,16,18)(H,17,19)/t9-,12+/m1/s1. The van der Waals surface area contributed by atoms with Crippen LogP contribution >= 0.6 is 0 Å². The molecule has 0 aliphatic rings. The number of hydrogen-bond acceptors (Lipinski definition) is 5. The maximum Gasteiger partial charge on any atom is 0.267 e. The summed E-state index contributed by atoms with van der Waals surface area (Å²) in [6, 6.07) is 4.50. The molecule has 0 heterocycles. The van der Waals surface area contributed by atoms with Gasteiger partial charge in [-0.3, -0.25) is 14.8 Å². The van der Waals surface area contributed by atoms with Crippen LogP contribution in [0.3, 0.4) is 0 Å². The Morgan fingerprint density at radius 2 is 2.05 bits per heavy atom. The van der Waals surface area contributed by atoms with E-state index in [9.17, 15) is 9.59 Å². The number of carbonyl (C=O) groups excluding carboxylic acids is 2. The molecule has 2 amide bonds. The van der Waals surface area contributed by atoms with Crippen LogP contribution in [0.25, 0.3) is 0 Å². The first-order chi connectivity index (χ1) is 9.99. The Kier molecular flexibility index (Phi) is 6.20. The zero-order valence-electron chi connectivity index (χ0n) is 11.5. The molecule has 0 aliphatic heterocycles. The Hall–Kier alpha value is -2.56. The third-order valence-electron chi connectivity index (χ3n) is 2.64. The van der Waals surface area contributed by atoms with Gasteiger partial charge >= 0.3 is 0 Å². The van der Waals surface area contributed by atoms with Gasteiger partial charge in [0.05, 0.1) is 0 Å². The lowest BCUT2D eigenvalue weighted by Gasteiger charge is -2.20. The van der Waals surface area contributed by atoms with Gasteiger partial charge in [-0.25, -0.2) is 5.48 Å². The Bertz CT molecular complexity index is 534. The molecular weight excluding hydrogens is 274 g/mol. The lowest BCUT2D eigenvalue weighted by molar-refractivity contribution is -0.131. The molecule has 2 atom stereocenters. The van der Waals surface area contributed by atoms with Gasteiger partial charge in [-0.1, -0.05) is 5.92 Å². The molecule has 0 saturated carbocycles. The number of ether oxygens (including phenoxy) is 1. The summed E-state index contributed by atoms with van der Waals surface area (Å²) in [7, 11) is 0. The van der Waals surface area contributed by atoms with Crippen LogP contribution < -0.4 is 21.3 Å².